The Balaban J connectivity index is 1.14. The lowest BCUT2D eigenvalue weighted by molar-refractivity contribution is 0.617. The van der Waals surface area contributed by atoms with Crippen LogP contribution in [0, 0.1) is 0 Å². The second-order valence-electron chi connectivity index (χ2n) is 12.2. The summed E-state index contributed by atoms with van der Waals surface area (Å²) in [4.78, 5) is 0. The molecule has 0 aliphatic heterocycles. The average Bonchev–Trinajstić information content (AvgIpc) is 3.82. The first kappa shape index (κ1) is 26.0. The lowest BCUT2D eigenvalue weighted by Gasteiger charge is -2.10. The van der Waals surface area contributed by atoms with Gasteiger partial charge in [-0.2, -0.15) is 0 Å². The molecule has 0 aliphatic rings. The monoisotopic (exact) mass is 600 g/mol. The second-order valence-corrected chi connectivity index (χ2v) is 12.2. The van der Waals surface area contributed by atoms with Gasteiger partial charge >= 0.3 is 0 Å². The van der Waals surface area contributed by atoms with E-state index in [0.29, 0.717) is 0 Å². The molecule has 47 heavy (non-hydrogen) atoms. The van der Waals surface area contributed by atoms with Gasteiger partial charge in [0, 0.05) is 43.9 Å². The highest BCUT2D eigenvalue weighted by atomic mass is 16.3. The molecular weight excluding hydrogens is 572 g/mol. The van der Waals surface area contributed by atoms with E-state index in [0.717, 1.165) is 27.8 Å². The SMILES string of the molecule is c1ccc(-n2c3ccccc3c3cc(-c4ccc5c(c4)c4ccccc4n5-c4cccc(-c5coc6ccccc56)c4)ccc32)cc1. The van der Waals surface area contributed by atoms with Gasteiger partial charge in [0.15, 0.2) is 0 Å². The van der Waals surface area contributed by atoms with Crippen LogP contribution in [0.1, 0.15) is 0 Å². The first-order chi connectivity index (χ1) is 23.3. The van der Waals surface area contributed by atoms with Gasteiger partial charge in [-0.05, 0) is 83.4 Å². The first-order valence-corrected chi connectivity index (χ1v) is 16.0. The average molecular weight is 601 g/mol. The van der Waals surface area contributed by atoms with Crippen LogP contribution in [-0.4, -0.2) is 9.13 Å². The molecule has 220 valence electrons. The topological polar surface area (TPSA) is 23.0 Å². The zero-order valence-corrected chi connectivity index (χ0v) is 25.5. The van der Waals surface area contributed by atoms with E-state index in [4.69, 9.17) is 4.42 Å². The van der Waals surface area contributed by atoms with Crippen LogP contribution in [0.3, 0.4) is 0 Å². The Morgan fingerprint density at radius 1 is 0.340 bits per heavy atom. The summed E-state index contributed by atoms with van der Waals surface area (Å²) >= 11 is 0. The molecule has 0 N–H and O–H groups in total. The second kappa shape index (κ2) is 10.1. The van der Waals surface area contributed by atoms with Crippen molar-refractivity contribution in [3.05, 3.63) is 170 Å². The Labute approximate surface area is 271 Å². The number of nitrogens with zero attached hydrogens (tertiary/aromatic N) is 2. The fourth-order valence-electron chi connectivity index (χ4n) is 7.45. The fraction of sp³-hybridized carbons (Fsp3) is 0. The Morgan fingerprint density at radius 3 is 1.55 bits per heavy atom. The summed E-state index contributed by atoms with van der Waals surface area (Å²) in [6.07, 6.45) is 1.87. The lowest BCUT2D eigenvalue weighted by Crippen LogP contribution is -1.94. The quantitative estimate of drug-likeness (QED) is 0.197. The molecule has 0 atom stereocenters. The molecule has 0 amide bonds. The van der Waals surface area contributed by atoms with Gasteiger partial charge in [-0.3, -0.25) is 0 Å². The lowest BCUT2D eigenvalue weighted by atomic mass is 10.0. The van der Waals surface area contributed by atoms with E-state index >= 15 is 0 Å². The molecule has 3 heterocycles. The summed E-state index contributed by atoms with van der Waals surface area (Å²) < 4.78 is 10.6. The van der Waals surface area contributed by atoms with Crippen molar-refractivity contribution in [2.75, 3.05) is 0 Å². The third-order valence-electron chi connectivity index (χ3n) is 9.59. The molecule has 0 saturated heterocycles. The van der Waals surface area contributed by atoms with Crippen LogP contribution in [0.5, 0.6) is 0 Å². The normalized spacial score (nSPS) is 11.8. The molecule has 0 spiro atoms. The summed E-state index contributed by atoms with van der Waals surface area (Å²) in [5.74, 6) is 0. The molecule has 10 aromatic rings. The Hall–Kier alpha value is -6.32. The van der Waals surface area contributed by atoms with Crippen molar-refractivity contribution < 1.29 is 4.42 Å². The molecule has 3 aromatic heterocycles. The van der Waals surface area contributed by atoms with E-state index in [9.17, 15) is 0 Å². The Kier molecular flexibility index (Phi) is 5.57. The minimum atomic E-state index is 0.903. The van der Waals surface area contributed by atoms with Gasteiger partial charge in [-0.15, -0.1) is 0 Å². The van der Waals surface area contributed by atoms with Crippen LogP contribution in [0.2, 0.25) is 0 Å². The largest absolute Gasteiger partial charge is 0.464 e. The summed E-state index contributed by atoms with van der Waals surface area (Å²) in [6, 6.07) is 58.9. The number of aromatic nitrogens is 2. The smallest absolute Gasteiger partial charge is 0.134 e. The maximum Gasteiger partial charge on any atom is 0.134 e. The van der Waals surface area contributed by atoms with Crippen LogP contribution in [0.4, 0.5) is 0 Å². The van der Waals surface area contributed by atoms with E-state index in [1.54, 1.807) is 0 Å². The van der Waals surface area contributed by atoms with Gasteiger partial charge in [0.05, 0.1) is 28.3 Å². The number of fused-ring (bicyclic) bond motifs is 7. The van der Waals surface area contributed by atoms with Crippen molar-refractivity contribution in [1.82, 2.24) is 9.13 Å². The van der Waals surface area contributed by atoms with Crippen molar-refractivity contribution in [2.24, 2.45) is 0 Å². The number of rotatable bonds is 4. The van der Waals surface area contributed by atoms with Crippen molar-refractivity contribution in [1.29, 1.82) is 0 Å². The van der Waals surface area contributed by atoms with Crippen molar-refractivity contribution in [2.45, 2.75) is 0 Å². The number of hydrogen-bond acceptors (Lipinski definition) is 1. The molecule has 0 aliphatic carbocycles. The predicted octanol–water partition coefficient (Wildman–Crippen LogP) is 12.0. The maximum absolute atomic E-state index is 5.90. The Morgan fingerprint density at radius 2 is 0.872 bits per heavy atom. The molecule has 7 aromatic carbocycles. The van der Waals surface area contributed by atoms with Gasteiger partial charge in [0.25, 0.3) is 0 Å². The third kappa shape index (κ3) is 3.93. The van der Waals surface area contributed by atoms with Crippen LogP contribution >= 0.6 is 0 Å². The summed E-state index contributed by atoms with van der Waals surface area (Å²) in [5.41, 5.74) is 12.7. The molecule has 0 bridgehead atoms. The molecule has 0 unspecified atom stereocenters. The molecule has 0 radical (unpaired) electrons. The highest BCUT2D eigenvalue weighted by molar-refractivity contribution is 6.12. The molecule has 0 fully saturated rings. The first-order valence-electron chi connectivity index (χ1n) is 16.0. The summed E-state index contributed by atoms with van der Waals surface area (Å²) in [7, 11) is 0. The van der Waals surface area contributed by atoms with E-state index in [2.05, 4.69) is 161 Å². The zero-order chi connectivity index (χ0) is 30.9. The summed E-state index contributed by atoms with van der Waals surface area (Å²) in [5, 5.41) is 6.12. The van der Waals surface area contributed by atoms with Crippen LogP contribution in [0.15, 0.2) is 174 Å². The van der Waals surface area contributed by atoms with Gasteiger partial charge < -0.3 is 13.6 Å². The van der Waals surface area contributed by atoms with Crippen LogP contribution < -0.4 is 0 Å². The van der Waals surface area contributed by atoms with E-state index in [1.165, 1.54) is 60.4 Å². The number of para-hydroxylation sites is 4. The minimum Gasteiger partial charge on any atom is -0.464 e. The fourth-order valence-corrected chi connectivity index (χ4v) is 7.45. The minimum absolute atomic E-state index is 0.903. The Bertz CT molecular complexity index is 2800. The number of benzene rings is 7. The molecule has 0 saturated carbocycles. The van der Waals surface area contributed by atoms with Crippen LogP contribution in [0.25, 0.3) is 88.2 Å². The van der Waals surface area contributed by atoms with Crippen molar-refractivity contribution in [3.63, 3.8) is 0 Å². The molecule has 3 nitrogen and oxygen atoms in total. The number of hydrogen-bond donors (Lipinski definition) is 0. The highest BCUT2D eigenvalue weighted by Gasteiger charge is 2.17. The zero-order valence-electron chi connectivity index (χ0n) is 25.5. The van der Waals surface area contributed by atoms with Gasteiger partial charge in [-0.25, -0.2) is 0 Å². The van der Waals surface area contributed by atoms with Gasteiger partial charge in [-0.1, -0.05) is 97.1 Å². The molecule has 10 rings (SSSR count). The van der Waals surface area contributed by atoms with E-state index in [1.807, 2.05) is 18.4 Å². The molecule has 3 heteroatoms. The third-order valence-corrected chi connectivity index (χ3v) is 9.59. The maximum atomic E-state index is 5.90. The summed E-state index contributed by atoms with van der Waals surface area (Å²) in [6.45, 7) is 0. The predicted molar refractivity (Wildman–Crippen MR) is 196 cm³/mol. The highest BCUT2D eigenvalue weighted by Crippen LogP contribution is 2.39. The molecular formula is C44H28N2O. The van der Waals surface area contributed by atoms with E-state index < -0.39 is 0 Å². The standard InChI is InChI=1S/C44H28N2O/c1-2-12-32(13-3-1)45-40-18-7-4-15-34(40)37-26-29(21-23-42(37)45)30-22-24-43-38(27-30)35-16-5-8-19-41(35)46(43)33-14-10-11-31(25-33)39-28-47-44-20-9-6-17-36(39)44/h1-28H. The van der Waals surface area contributed by atoms with Crippen molar-refractivity contribution in [3.8, 4) is 33.6 Å². The number of furan rings is 1. The van der Waals surface area contributed by atoms with Gasteiger partial charge in [0.2, 0.25) is 0 Å². The van der Waals surface area contributed by atoms with E-state index in [-0.39, 0.29) is 0 Å². The van der Waals surface area contributed by atoms with Crippen LogP contribution in [-0.2, 0) is 0 Å². The van der Waals surface area contributed by atoms with Gasteiger partial charge in [0.1, 0.15) is 5.58 Å². The van der Waals surface area contributed by atoms with Crippen molar-refractivity contribution >= 4 is 54.6 Å².